The Morgan fingerprint density at radius 1 is 1.45 bits per heavy atom. The van der Waals surface area contributed by atoms with Crippen LogP contribution in [0, 0.1) is 5.92 Å². The van der Waals surface area contributed by atoms with E-state index in [4.69, 9.17) is 10.5 Å². The summed E-state index contributed by atoms with van der Waals surface area (Å²) in [6, 6.07) is 6.50. The molecule has 1 atom stereocenters. The maximum Gasteiger partial charge on any atom is 0.0580 e. The lowest BCUT2D eigenvalue weighted by molar-refractivity contribution is -0.0281. The van der Waals surface area contributed by atoms with Crippen LogP contribution in [0.15, 0.2) is 28.1 Å². The van der Waals surface area contributed by atoms with Gasteiger partial charge in [0, 0.05) is 21.8 Å². The van der Waals surface area contributed by atoms with Gasteiger partial charge in [0.2, 0.25) is 0 Å². The molecule has 1 aliphatic rings. The Morgan fingerprint density at radius 3 is 3.00 bits per heavy atom. The van der Waals surface area contributed by atoms with Gasteiger partial charge in [-0.2, -0.15) is 0 Å². The average Bonchev–Trinajstić information content (AvgIpc) is 2.81. The summed E-state index contributed by atoms with van der Waals surface area (Å²) in [7, 11) is 0. The molecule has 2 nitrogen and oxygen atoms in total. The van der Waals surface area contributed by atoms with E-state index in [0.717, 1.165) is 18.9 Å². The summed E-state index contributed by atoms with van der Waals surface area (Å²) in [6.45, 7) is 2.89. The quantitative estimate of drug-likeness (QED) is 0.832. The SMILES string of the molecule is CCOC1CC(CC(N)c2csc3c(Br)cccc23)C1. The predicted octanol–water partition coefficient (Wildman–Crippen LogP) is 4.87. The Balaban J connectivity index is 1.68. The lowest BCUT2D eigenvalue weighted by Gasteiger charge is -2.36. The molecule has 4 heteroatoms. The Kier molecular flexibility index (Phi) is 4.46. The lowest BCUT2D eigenvalue weighted by Crippen LogP contribution is -2.33. The molecule has 1 aliphatic carbocycles. The largest absolute Gasteiger partial charge is 0.378 e. The van der Waals surface area contributed by atoms with Crippen molar-refractivity contribution in [2.45, 2.75) is 38.3 Å². The summed E-state index contributed by atoms with van der Waals surface area (Å²) in [5.41, 5.74) is 7.73. The van der Waals surface area contributed by atoms with Crippen LogP contribution in [0.3, 0.4) is 0 Å². The summed E-state index contributed by atoms with van der Waals surface area (Å²) in [5, 5.41) is 3.52. The minimum Gasteiger partial charge on any atom is -0.378 e. The number of benzene rings is 1. The van der Waals surface area contributed by atoms with Gasteiger partial charge in [-0.15, -0.1) is 11.3 Å². The third-order valence-corrected chi connectivity index (χ3v) is 6.13. The average molecular weight is 354 g/mol. The molecule has 0 amide bonds. The molecule has 3 rings (SSSR count). The van der Waals surface area contributed by atoms with Gasteiger partial charge in [-0.3, -0.25) is 0 Å². The van der Waals surface area contributed by atoms with Crippen molar-refractivity contribution in [1.29, 1.82) is 0 Å². The van der Waals surface area contributed by atoms with Crippen LogP contribution in [0.2, 0.25) is 0 Å². The zero-order valence-electron chi connectivity index (χ0n) is 11.6. The van der Waals surface area contributed by atoms with Crippen LogP contribution in [0.5, 0.6) is 0 Å². The number of nitrogens with two attached hydrogens (primary N) is 1. The third-order valence-electron chi connectivity index (χ3n) is 4.16. The number of fused-ring (bicyclic) bond motifs is 1. The first-order valence-corrected chi connectivity index (χ1v) is 8.89. The molecule has 20 heavy (non-hydrogen) atoms. The molecule has 0 saturated heterocycles. The smallest absolute Gasteiger partial charge is 0.0580 e. The highest BCUT2D eigenvalue weighted by molar-refractivity contribution is 9.10. The van der Waals surface area contributed by atoms with E-state index in [9.17, 15) is 0 Å². The Bertz CT molecular complexity index is 591. The first-order chi connectivity index (χ1) is 9.69. The first kappa shape index (κ1) is 14.5. The van der Waals surface area contributed by atoms with Gasteiger partial charge in [0.15, 0.2) is 0 Å². The highest BCUT2D eigenvalue weighted by Crippen LogP contribution is 2.40. The van der Waals surface area contributed by atoms with Crippen molar-refractivity contribution < 1.29 is 4.74 Å². The van der Waals surface area contributed by atoms with Gasteiger partial charge in [-0.1, -0.05) is 12.1 Å². The number of hydrogen-bond acceptors (Lipinski definition) is 3. The predicted molar refractivity (Wildman–Crippen MR) is 89.2 cm³/mol. The molecule has 0 bridgehead atoms. The molecule has 1 unspecified atom stereocenters. The zero-order chi connectivity index (χ0) is 14.1. The third kappa shape index (κ3) is 2.80. The summed E-state index contributed by atoms with van der Waals surface area (Å²) < 4.78 is 8.09. The number of thiophene rings is 1. The molecule has 2 aromatic rings. The molecule has 1 aromatic heterocycles. The molecule has 1 heterocycles. The first-order valence-electron chi connectivity index (χ1n) is 7.21. The Morgan fingerprint density at radius 2 is 2.25 bits per heavy atom. The van der Waals surface area contributed by atoms with Gasteiger partial charge in [0.1, 0.15) is 0 Å². The maximum atomic E-state index is 6.44. The molecule has 1 aromatic carbocycles. The normalized spacial score (nSPS) is 23.8. The van der Waals surface area contributed by atoms with E-state index in [1.165, 1.54) is 33.0 Å². The van der Waals surface area contributed by atoms with Gasteiger partial charge in [-0.25, -0.2) is 0 Å². The zero-order valence-corrected chi connectivity index (χ0v) is 14.0. The fraction of sp³-hybridized carbons (Fsp3) is 0.500. The monoisotopic (exact) mass is 353 g/mol. The van der Waals surface area contributed by atoms with Crippen LogP contribution in [0.4, 0.5) is 0 Å². The van der Waals surface area contributed by atoms with E-state index in [1.54, 1.807) is 11.3 Å². The van der Waals surface area contributed by atoms with E-state index in [-0.39, 0.29) is 6.04 Å². The number of rotatable bonds is 5. The van der Waals surface area contributed by atoms with Crippen LogP contribution in [0.25, 0.3) is 10.1 Å². The van der Waals surface area contributed by atoms with E-state index < -0.39 is 0 Å². The molecule has 2 N–H and O–H groups in total. The molecule has 0 aliphatic heterocycles. The second-order valence-electron chi connectivity index (χ2n) is 5.56. The van der Waals surface area contributed by atoms with Crippen molar-refractivity contribution in [2.75, 3.05) is 6.61 Å². The summed E-state index contributed by atoms with van der Waals surface area (Å²) in [5.74, 6) is 0.726. The van der Waals surface area contributed by atoms with Crippen LogP contribution >= 0.6 is 27.3 Å². The molecule has 1 saturated carbocycles. The van der Waals surface area contributed by atoms with Crippen LogP contribution < -0.4 is 5.73 Å². The van der Waals surface area contributed by atoms with Gasteiger partial charge in [-0.05, 0) is 70.4 Å². The van der Waals surface area contributed by atoms with Crippen molar-refractivity contribution in [2.24, 2.45) is 11.7 Å². The Hall–Kier alpha value is -0.420. The van der Waals surface area contributed by atoms with Crippen molar-refractivity contribution in [3.05, 3.63) is 33.6 Å². The van der Waals surface area contributed by atoms with Crippen molar-refractivity contribution >= 4 is 37.4 Å². The van der Waals surface area contributed by atoms with E-state index in [1.807, 2.05) is 0 Å². The Labute approximate surface area is 132 Å². The second kappa shape index (κ2) is 6.14. The van der Waals surface area contributed by atoms with Crippen molar-refractivity contribution in [3.8, 4) is 0 Å². The topological polar surface area (TPSA) is 35.2 Å². The fourth-order valence-electron chi connectivity index (χ4n) is 3.05. The number of ether oxygens (including phenoxy) is 1. The molecule has 0 radical (unpaired) electrons. The van der Waals surface area contributed by atoms with Gasteiger partial charge in [0.05, 0.1) is 6.10 Å². The summed E-state index contributed by atoms with van der Waals surface area (Å²) >= 11 is 5.39. The standard InChI is InChI=1S/C16H20BrNOS/c1-2-19-11-6-10(7-11)8-15(18)13-9-20-16-12(13)4-3-5-14(16)17/h3-5,9-11,15H,2,6-8,18H2,1H3. The summed E-state index contributed by atoms with van der Waals surface area (Å²) in [4.78, 5) is 0. The minimum atomic E-state index is 0.144. The molecular formula is C16H20BrNOS. The van der Waals surface area contributed by atoms with E-state index >= 15 is 0 Å². The summed E-state index contributed by atoms with van der Waals surface area (Å²) in [6.07, 6.45) is 3.90. The van der Waals surface area contributed by atoms with Crippen LogP contribution in [-0.2, 0) is 4.74 Å². The highest BCUT2D eigenvalue weighted by Gasteiger charge is 2.31. The highest BCUT2D eigenvalue weighted by atomic mass is 79.9. The van der Waals surface area contributed by atoms with Crippen LogP contribution in [0.1, 0.15) is 37.8 Å². The molecule has 0 spiro atoms. The second-order valence-corrected chi connectivity index (χ2v) is 7.30. The maximum absolute atomic E-state index is 6.44. The molecule has 1 fully saturated rings. The number of hydrogen-bond donors (Lipinski definition) is 1. The number of halogens is 1. The van der Waals surface area contributed by atoms with Crippen molar-refractivity contribution in [1.82, 2.24) is 0 Å². The van der Waals surface area contributed by atoms with Gasteiger partial charge >= 0.3 is 0 Å². The molecule has 108 valence electrons. The van der Waals surface area contributed by atoms with Crippen molar-refractivity contribution in [3.63, 3.8) is 0 Å². The van der Waals surface area contributed by atoms with Gasteiger partial charge in [0.25, 0.3) is 0 Å². The lowest BCUT2D eigenvalue weighted by atomic mass is 9.77. The van der Waals surface area contributed by atoms with E-state index in [0.29, 0.717) is 6.10 Å². The fourth-order valence-corrected chi connectivity index (χ4v) is 4.74. The minimum absolute atomic E-state index is 0.144. The van der Waals surface area contributed by atoms with Gasteiger partial charge < -0.3 is 10.5 Å². The van der Waals surface area contributed by atoms with Crippen LogP contribution in [-0.4, -0.2) is 12.7 Å². The van der Waals surface area contributed by atoms with E-state index in [2.05, 4.69) is 46.4 Å². The molecular weight excluding hydrogens is 334 g/mol.